The molecule has 228 valence electrons. The molecule has 1 saturated carbocycles. The highest BCUT2D eigenvalue weighted by atomic mass is 16.3. The van der Waals surface area contributed by atoms with Crippen molar-refractivity contribution in [2.45, 2.75) is 105 Å². The lowest BCUT2D eigenvalue weighted by Gasteiger charge is -2.50. The summed E-state index contributed by atoms with van der Waals surface area (Å²) >= 11 is 0. The molecule has 43 heavy (non-hydrogen) atoms. The van der Waals surface area contributed by atoms with Crippen LogP contribution in [0.4, 0.5) is 0 Å². The summed E-state index contributed by atoms with van der Waals surface area (Å²) in [4.78, 5) is 0. The minimum absolute atomic E-state index is 0.312. The van der Waals surface area contributed by atoms with E-state index >= 15 is 0 Å². The third-order valence-electron chi connectivity index (χ3n) is 10.7. The number of aliphatic hydroxyl groups excluding tert-OH is 1. The first kappa shape index (κ1) is 30.9. The molecule has 0 heterocycles. The molecule has 3 aromatic carbocycles. The summed E-state index contributed by atoms with van der Waals surface area (Å²) in [5.74, 6) is 1.02. The zero-order valence-corrected chi connectivity index (χ0v) is 27.3. The molecule has 2 aliphatic carbocycles. The van der Waals surface area contributed by atoms with Crippen LogP contribution in [0.5, 0.6) is 17.2 Å². The van der Waals surface area contributed by atoms with E-state index < -0.39 is 11.5 Å². The Labute approximate surface area is 257 Å². The zero-order valence-electron chi connectivity index (χ0n) is 27.3. The second-order valence-electron chi connectivity index (χ2n) is 14.3. The molecule has 0 bridgehead atoms. The van der Waals surface area contributed by atoms with E-state index in [1.807, 2.05) is 48.5 Å². The van der Waals surface area contributed by atoms with Gasteiger partial charge in [-0.25, -0.2) is 0 Å². The Morgan fingerprint density at radius 3 is 1.16 bits per heavy atom. The smallest absolute Gasteiger partial charge is 0.121 e. The molecule has 4 N–H and O–H groups in total. The summed E-state index contributed by atoms with van der Waals surface area (Å²) in [5.41, 5.74) is 9.96. The highest BCUT2D eigenvalue weighted by molar-refractivity contribution is 5.56. The Hall–Kier alpha value is -3.50. The van der Waals surface area contributed by atoms with Gasteiger partial charge in [-0.05, 0) is 135 Å². The Morgan fingerprint density at radius 2 is 0.837 bits per heavy atom. The maximum absolute atomic E-state index is 11.0. The van der Waals surface area contributed by atoms with E-state index in [0.29, 0.717) is 17.2 Å². The maximum atomic E-state index is 11.0. The molecule has 4 heteroatoms. The van der Waals surface area contributed by atoms with Crippen LogP contribution in [0.3, 0.4) is 0 Å². The Balaban J connectivity index is 1.74. The van der Waals surface area contributed by atoms with Crippen molar-refractivity contribution in [1.82, 2.24) is 0 Å². The molecule has 4 nitrogen and oxygen atoms in total. The molecule has 0 radical (unpaired) electrons. The number of aryl methyl sites for hydroxylation is 6. The highest BCUT2D eigenvalue weighted by Gasteiger charge is 2.49. The van der Waals surface area contributed by atoms with Gasteiger partial charge in [-0.1, -0.05) is 62.4 Å². The van der Waals surface area contributed by atoms with Crippen LogP contribution >= 0.6 is 0 Å². The van der Waals surface area contributed by atoms with Crippen molar-refractivity contribution in [1.29, 1.82) is 0 Å². The largest absolute Gasteiger partial charge is 0.507 e. The summed E-state index contributed by atoms with van der Waals surface area (Å²) in [6.45, 7) is 18.1. The van der Waals surface area contributed by atoms with Crippen LogP contribution in [0, 0.1) is 47.0 Å². The molecule has 5 rings (SSSR count). The Bertz CT molecular complexity index is 1530. The van der Waals surface area contributed by atoms with Crippen molar-refractivity contribution in [2.24, 2.45) is 5.41 Å². The van der Waals surface area contributed by atoms with Gasteiger partial charge in [0.05, 0.1) is 6.10 Å². The summed E-state index contributed by atoms with van der Waals surface area (Å²) in [5, 5.41) is 43.1. The fourth-order valence-corrected chi connectivity index (χ4v) is 8.00. The van der Waals surface area contributed by atoms with E-state index in [1.54, 1.807) is 0 Å². The van der Waals surface area contributed by atoms with Gasteiger partial charge < -0.3 is 20.4 Å². The first-order chi connectivity index (χ1) is 20.0. The van der Waals surface area contributed by atoms with E-state index in [4.69, 9.17) is 0 Å². The SMILES string of the molecule is CC1=CC(C2(c3cc(C)c(O)c(C)c3)CCC(c3cc(C)c(O)c(C)c3)(c3cc(C)c(O)c(C)c3)CC2)=CC(C)(C)C1O. The average Bonchev–Trinajstić information content (AvgIpc) is 2.95. The molecule has 3 aromatic rings. The van der Waals surface area contributed by atoms with Crippen LogP contribution in [0.15, 0.2) is 59.7 Å². The van der Waals surface area contributed by atoms with Crippen LogP contribution in [0.1, 0.15) is 96.5 Å². The minimum atomic E-state index is -0.537. The standard InChI is InChI=1S/C39H48O4/c1-22-14-29(15-23(2)33(22)40)38(30-16-24(3)34(41)25(4)17-30)10-12-39(13-11-38,31-18-26(5)35(42)27(6)19-31)32-20-28(7)36(43)37(8,9)21-32/h14-21,36,40-43H,10-13H2,1-9H3. The number of rotatable bonds is 4. The van der Waals surface area contributed by atoms with Gasteiger partial charge in [-0.3, -0.25) is 0 Å². The average molecular weight is 581 g/mol. The summed E-state index contributed by atoms with van der Waals surface area (Å²) < 4.78 is 0. The van der Waals surface area contributed by atoms with Crippen molar-refractivity contribution in [3.05, 3.63) is 110 Å². The van der Waals surface area contributed by atoms with E-state index in [1.165, 1.54) is 22.3 Å². The number of hydrogen-bond donors (Lipinski definition) is 4. The van der Waals surface area contributed by atoms with Crippen molar-refractivity contribution >= 4 is 0 Å². The number of aliphatic hydroxyl groups is 1. The predicted molar refractivity (Wildman–Crippen MR) is 175 cm³/mol. The van der Waals surface area contributed by atoms with Crippen LogP contribution in [0.2, 0.25) is 0 Å². The first-order valence-corrected chi connectivity index (χ1v) is 15.5. The molecular formula is C39H48O4. The lowest BCUT2D eigenvalue weighted by atomic mass is 9.53. The number of benzene rings is 3. The van der Waals surface area contributed by atoms with Gasteiger partial charge in [0.1, 0.15) is 17.2 Å². The Kier molecular flexibility index (Phi) is 7.62. The van der Waals surface area contributed by atoms with Crippen molar-refractivity contribution in [2.75, 3.05) is 0 Å². The quantitative estimate of drug-likeness (QED) is 0.249. The van der Waals surface area contributed by atoms with Crippen molar-refractivity contribution in [3.63, 3.8) is 0 Å². The van der Waals surface area contributed by atoms with Crippen LogP contribution < -0.4 is 0 Å². The van der Waals surface area contributed by atoms with Crippen molar-refractivity contribution in [3.8, 4) is 17.2 Å². The Morgan fingerprint density at radius 1 is 0.535 bits per heavy atom. The fraction of sp³-hybridized carbons (Fsp3) is 0.436. The third kappa shape index (κ3) is 4.98. The number of phenolic OH excluding ortho intramolecular Hbond substituents is 3. The second kappa shape index (κ2) is 10.6. The number of hydrogen-bond acceptors (Lipinski definition) is 4. The highest BCUT2D eigenvalue weighted by Crippen LogP contribution is 2.57. The summed E-state index contributed by atoms with van der Waals surface area (Å²) in [6.07, 6.45) is 7.36. The molecular weight excluding hydrogens is 532 g/mol. The lowest BCUT2D eigenvalue weighted by molar-refractivity contribution is 0.110. The number of phenols is 3. The second-order valence-corrected chi connectivity index (χ2v) is 14.3. The van der Waals surface area contributed by atoms with Gasteiger partial charge in [0.15, 0.2) is 0 Å². The van der Waals surface area contributed by atoms with Gasteiger partial charge in [0.2, 0.25) is 0 Å². The van der Waals surface area contributed by atoms with Crippen molar-refractivity contribution < 1.29 is 20.4 Å². The molecule has 0 amide bonds. The molecule has 0 aromatic heterocycles. The predicted octanol–water partition coefficient (Wildman–Crippen LogP) is 8.73. The maximum Gasteiger partial charge on any atom is 0.121 e. The van der Waals surface area contributed by atoms with Gasteiger partial charge in [-0.2, -0.15) is 0 Å². The fourth-order valence-electron chi connectivity index (χ4n) is 8.00. The molecule has 1 fully saturated rings. The first-order valence-electron chi connectivity index (χ1n) is 15.5. The molecule has 1 unspecified atom stereocenters. The topological polar surface area (TPSA) is 80.9 Å². The van der Waals surface area contributed by atoms with E-state index in [-0.39, 0.29) is 10.8 Å². The van der Waals surface area contributed by atoms with Crippen LogP contribution in [-0.2, 0) is 10.8 Å². The minimum Gasteiger partial charge on any atom is -0.507 e. The third-order valence-corrected chi connectivity index (χ3v) is 10.7. The van der Waals surface area contributed by atoms with Gasteiger partial charge >= 0.3 is 0 Å². The monoisotopic (exact) mass is 580 g/mol. The lowest BCUT2D eigenvalue weighted by Crippen LogP contribution is -2.43. The zero-order chi connectivity index (χ0) is 31.6. The van der Waals surface area contributed by atoms with Gasteiger partial charge in [0.25, 0.3) is 0 Å². The van der Waals surface area contributed by atoms with E-state index in [9.17, 15) is 20.4 Å². The summed E-state index contributed by atoms with van der Waals surface area (Å²) in [7, 11) is 0. The number of aromatic hydroxyl groups is 3. The molecule has 0 saturated heterocycles. The van der Waals surface area contributed by atoms with E-state index in [2.05, 4.69) is 62.4 Å². The molecule has 2 aliphatic rings. The molecule has 0 spiro atoms. The molecule has 0 aliphatic heterocycles. The number of allylic oxidation sites excluding steroid dienone is 2. The summed E-state index contributed by atoms with van der Waals surface area (Å²) in [6, 6.07) is 12.9. The molecule has 1 atom stereocenters. The normalized spacial score (nSPS) is 20.8. The van der Waals surface area contributed by atoms with Crippen LogP contribution in [-0.4, -0.2) is 26.5 Å². The van der Waals surface area contributed by atoms with E-state index in [0.717, 1.165) is 64.6 Å². The van der Waals surface area contributed by atoms with Gasteiger partial charge in [-0.15, -0.1) is 0 Å². The van der Waals surface area contributed by atoms with Gasteiger partial charge in [0, 0.05) is 16.2 Å². The van der Waals surface area contributed by atoms with Crippen LogP contribution in [0.25, 0.3) is 0 Å².